The Morgan fingerprint density at radius 2 is 0.733 bits per heavy atom. The van der Waals surface area contributed by atoms with Gasteiger partial charge in [0.25, 0.3) is 0 Å². The van der Waals surface area contributed by atoms with Crippen LogP contribution in [0.4, 0.5) is 0 Å². The number of phenolic OH excluding ortho intramolecular Hbond substituents is 4. The molecule has 4 rings (SSSR count). The van der Waals surface area contributed by atoms with Crippen molar-refractivity contribution in [3.63, 3.8) is 0 Å². The van der Waals surface area contributed by atoms with E-state index >= 15 is 0 Å². The molecular weight excluding hydrogens is 380 g/mol. The summed E-state index contributed by atoms with van der Waals surface area (Å²) in [4.78, 5) is 8.00. The molecule has 0 aliphatic rings. The van der Waals surface area contributed by atoms with Crippen LogP contribution in [0.3, 0.4) is 0 Å². The van der Waals surface area contributed by atoms with Crippen LogP contribution in [0.15, 0.2) is 97.1 Å². The van der Waals surface area contributed by atoms with Crippen molar-refractivity contribution in [2.45, 2.75) is 0 Å². The van der Waals surface area contributed by atoms with E-state index in [9.17, 15) is 10.2 Å². The molecule has 0 fully saturated rings. The lowest BCUT2D eigenvalue weighted by atomic mass is 10.1. The highest BCUT2D eigenvalue weighted by molar-refractivity contribution is 5.66. The van der Waals surface area contributed by atoms with E-state index in [1.807, 2.05) is 43.2 Å². The predicted octanol–water partition coefficient (Wildman–Crippen LogP) is 5.34. The monoisotopic (exact) mass is 402 g/mol. The molecular formula is C25H22O5. The Kier molecular flexibility index (Phi) is 8.03. The van der Waals surface area contributed by atoms with Crippen LogP contribution < -0.4 is 0 Å². The van der Waals surface area contributed by atoms with Gasteiger partial charge >= 0.3 is 0 Å². The normalized spacial score (nSPS) is 9.47. The van der Waals surface area contributed by atoms with Crippen LogP contribution in [0.1, 0.15) is 0 Å². The van der Waals surface area contributed by atoms with Gasteiger partial charge in [0.2, 0.25) is 0 Å². The smallest absolute Gasteiger partial charge is 0.116 e. The number of hydrogen-bond donors (Lipinski definition) is 4. The number of carbonyl (C=O) groups excluding carboxylic acids is 1. The van der Waals surface area contributed by atoms with Gasteiger partial charge in [-0.3, -0.25) is 0 Å². The molecule has 0 saturated heterocycles. The van der Waals surface area contributed by atoms with Crippen LogP contribution in [0.5, 0.6) is 23.0 Å². The number of hydrogen-bond acceptors (Lipinski definition) is 5. The summed E-state index contributed by atoms with van der Waals surface area (Å²) in [6.07, 6.45) is 0. The molecule has 0 radical (unpaired) electrons. The summed E-state index contributed by atoms with van der Waals surface area (Å²) in [6.45, 7) is 2.00. The molecule has 0 amide bonds. The average molecular weight is 402 g/mol. The van der Waals surface area contributed by atoms with Gasteiger partial charge in [0.05, 0.1) is 0 Å². The first-order valence-electron chi connectivity index (χ1n) is 8.97. The minimum absolute atomic E-state index is 0.244. The summed E-state index contributed by atoms with van der Waals surface area (Å²) in [5, 5.41) is 36.8. The lowest BCUT2D eigenvalue weighted by Gasteiger charge is -2.01. The average Bonchev–Trinajstić information content (AvgIpc) is 2.77. The van der Waals surface area contributed by atoms with E-state index in [0.29, 0.717) is 0 Å². The van der Waals surface area contributed by atoms with Crippen molar-refractivity contribution in [3.05, 3.63) is 97.1 Å². The van der Waals surface area contributed by atoms with Crippen molar-refractivity contribution in [1.29, 1.82) is 0 Å². The molecule has 0 aliphatic carbocycles. The molecule has 0 unspecified atom stereocenters. The van der Waals surface area contributed by atoms with E-state index in [1.54, 1.807) is 60.7 Å². The van der Waals surface area contributed by atoms with Crippen molar-refractivity contribution in [2.75, 3.05) is 0 Å². The van der Waals surface area contributed by atoms with Gasteiger partial charge in [0.1, 0.15) is 29.8 Å². The molecule has 5 nitrogen and oxygen atoms in total. The SMILES string of the molecule is C=O.Oc1ccc(-c2cccc(O)c2)cc1.Oc1ccc(-c2cccc(O)c2)cc1. The quantitative estimate of drug-likeness (QED) is 0.363. The van der Waals surface area contributed by atoms with Crippen molar-refractivity contribution in [2.24, 2.45) is 0 Å². The van der Waals surface area contributed by atoms with Gasteiger partial charge in [-0.05, 0) is 70.8 Å². The maximum absolute atomic E-state index is 9.28. The van der Waals surface area contributed by atoms with Crippen LogP contribution in [0.25, 0.3) is 22.3 Å². The fourth-order valence-electron chi connectivity index (χ4n) is 2.68. The van der Waals surface area contributed by atoms with Gasteiger partial charge in [-0.15, -0.1) is 0 Å². The van der Waals surface area contributed by atoms with Crippen molar-refractivity contribution in [1.82, 2.24) is 0 Å². The number of carbonyl (C=O) groups is 1. The van der Waals surface area contributed by atoms with Crippen LogP contribution >= 0.6 is 0 Å². The molecule has 0 spiro atoms. The molecule has 152 valence electrons. The van der Waals surface area contributed by atoms with E-state index < -0.39 is 0 Å². The standard InChI is InChI=1S/2C12H10O2.CH2O/c2*13-11-6-4-9(5-7-11)10-2-1-3-12(14)8-10;1-2/h2*1-8,13-14H;1H2. The second-order valence-electron chi connectivity index (χ2n) is 6.19. The Bertz CT molecular complexity index is 970. The molecule has 0 heterocycles. The highest BCUT2D eigenvalue weighted by Crippen LogP contribution is 2.25. The van der Waals surface area contributed by atoms with Gasteiger partial charge < -0.3 is 25.2 Å². The van der Waals surface area contributed by atoms with Gasteiger partial charge in [-0.25, -0.2) is 0 Å². The second-order valence-corrected chi connectivity index (χ2v) is 6.19. The molecule has 0 saturated carbocycles. The minimum Gasteiger partial charge on any atom is -0.508 e. The summed E-state index contributed by atoms with van der Waals surface area (Å²) < 4.78 is 0. The zero-order valence-electron chi connectivity index (χ0n) is 16.1. The Morgan fingerprint density at radius 3 is 1.03 bits per heavy atom. The molecule has 4 aromatic rings. The third kappa shape index (κ3) is 6.42. The fraction of sp³-hybridized carbons (Fsp3) is 0. The van der Waals surface area contributed by atoms with E-state index in [-0.39, 0.29) is 23.0 Å². The van der Waals surface area contributed by atoms with E-state index in [2.05, 4.69) is 0 Å². The maximum atomic E-state index is 9.28. The Balaban J connectivity index is 0.000000197. The molecule has 4 N–H and O–H groups in total. The van der Waals surface area contributed by atoms with Crippen molar-refractivity contribution < 1.29 is 25.2 Å². The van der Waals surface area contributed by atoms with E-state index in [1.165, 1.54) is 0 Å². The highest BCUT2D eigenvalue weighted by atomic mass is 16.3. The summed E-state index contributed by atoms with van der Waals surface area (Å²) >= 11 is 0. The Hall–Kier alpha value is -4.25. The summed E-state index contributed by atoms with van der Waals surface area (Å²) in [6, 6.07) is 27.8. The molecule has 0 atom stereocenters. The largest absolute Gasteiger partial charge is 0.508 e. The van der Waals surface area contributed by atoms with Crippen LogP contribution in [0, 0.1) is 0 Å². The molecule has 0 aliphatic heterocycles. The first-order chi connectivity index (χ1) is 14.5. The van der Waals surface area contributed by atoms with Crippen molar-refractivity contribution >= 4 is 6.79 Å². The van der Waals surface area contributed by atoms with Gasteiger partial charge in [0.15, 0.2) is 0 Å². The molecule has 0 bridgehead atoms. The zero-order valence-corrected chi connectivity index (χ0v) is 16.1. The second kappa shape index (κ2) is 10.9. The topological polar surface area (TPSA) is 98.0 Å². The Labute approximate surface area is 174 Å². The van der Waals surface area contributed by atoms with Gasteiger partial charge in [0, 0.05) is 0 Å². The molecule has 4 aromatic carbocycles. The Morgan fingerprint density at radius 1 is 0.400 bits per heavy atom. The minimum atomic E-state index is 0.244. The maximum Gasteiger partial charge on any atom is 0.116 e. The molecule has 30 heavy (non-hydrogen) atoms. The summed E-state index contributed by atoms with van der Waals surface area (Å²) in [7, 11) is 0. The number of aromatic hydroxyl groups is 4. The summed E-state index contributed by atoms with van der Waals surface area (Å²) in [5.74, 6) is 0.981. The highest BCUT2D eigenvalue weighted by Gasteiger charge is 1.99. The lowest BCUT2D eigenvalue weighted by Crippen LogP contribution is -1.76. The van der Waals surface area contributed by atoms with Crippen LogP contribution in [-0.2, 0) is 4.79 Å². The molecule has 0 aromatic heterocycles. The first kappa shape index (κ1) is 22.0. The molecule has 5 heteroatoms. The predicted molar refractivity (Wildman–Crippen MR) is 118 cm³/mol. The zero-order chi connectivity index (χ0) is 21.9. The third-order valence-electron chi connectivity index (χ3n) is 4.09. The number of phenols is 4. The number of benzene rings is 4. The summed E-state index contributed by atoms with van der Waals surface area (Å²) in [5.41, 5.74) is 3.81. The first-order valence-corrected chi connectivity index (χ1v) is 8.97. The van der Waals surface area contributed by atoms with Crippen LogP contribution in [-0.4, -0.2) is 27.2 Å². The van der Waals surface area contributed by atoms with Gasteiger partial charge in [-0.1, -0.05) is 48.5 Å². The lowest BCUT2D eigenvalue weighted by molar-refractivity contribution is -0.0980. The van der Waals surface area contributed by atoms with E-state index in [0.717, 1.165) is 22.3 Å². The van der Waals surface area contributed by atoms with E-state index in [4.69, 9.17) is 15.0 Å². The van der Waals surface area contributed by atoms with Crippen LogP contribution in [0.2, 0.25) is 0 Å². The van der Waals surface area contributed by atoms with Crippen molar-refractivity contribution in [3.8, 4) is 45.3 Å². The van der Waals surface area contributed by atoms with Gasteiger partial charge in [-0.2, -0.15) is 0 Å². The fourth-order valence-corrected chi connectivity index (χ4v) is 2.68. The number of rotatable bonds is 2. The third-order valence-corrected chi connectivity index (χ3v) is 4.09.